The topological polar surface area (TPSA) is 58.6 Å². The zero-order chi connectivity index (χ0) is 13.0. The molecule has 0 spiro atoms. The van der Waals surface area contributed by atoms with E-state index in [0.717, 1.165) is 0 Å². The lowest BCUT2D eigenvalue weighted by Gasteiger charge is -2.36. The fourth-order valence-electron chi connectivity index (χ4n) is 0.841. The number of nitrogens with one attached hydrogen (secondary N) is 1. The highest BCUT2D eigenvalue weighted by atomic mass is 28.4. The monoisotopic (exact) mass is 247 g/mol. The van der Waals surface area contributed by atoms with E-state index in [0.29, 0.717) is 0 Å². The maximum absolute atomic E-state index is 10.7. The minimum Gasteiger partial charge on any atom is -0.414 e. The molecule has 4 nitrogen and oxygen atoms in total. The molecule has 0 saturated carbocycles. The van der Waals surface area contributed by atoms with Crippen LogP contribution in [-0.2, 0) is 9.22 Å². The van der Waals surface area contributed by atoms with E-state index in [1.165, 1.54) is 6.92 Å². The summed E-state index contributed by atoms with van der Waals surface area (Å²) in [4.78, 5) is 10.7. The Hall–Kier alpha value is -0.393. The second kappa shape index (κ2) is 5.79. The Kier molecular flexibility index (Phi) is 5.65. The predicted octanol–water partition coefficient (Wildman–Crippen LogP) is 1.51. The molecule has 0 fully saturated rings. The van der Waals surface area contributed by atoms with Gasteiger partial charge in [0.2, 0.25) is 5.91 Å². The van der Waals surface area contributed by atoms with Gasteiger partial charge in [-0.2, -0.15) is 0 Å². The maximum Gasteiger partial charge on any atom is 0.216 e. The minimum atomic E-state index is -1.80. The van der Waals surface area contributed by atoms with Gasteiger partial charge in [0.1, 0.15) is 0 Å². The Morgan fingerprint density at radius 1 is 1.44 bits per heavy atom. The van der Waals surface area contributed by atoms with Crippen LogP contribution in [0, 0.1) is 0 Å². The van der Waals surface area contributed by atoms with Gasteiger partial charge in [-0.15, -0.1) is 0 Å². The fourth-order valence-corrected chi connectivity index (χ4v) is 1.88. The molecular formula is C11H25NO3Si. The summed E-state index contributed by atoms with van der Waals surface area (Å²) < 4.78 is 5.83. The maximum atomic E-state index is 10.7. The summed E-state index contributed by atoms with van der Waals surface area (Å²) in [7, 11) is -1.80. The molecular weight excluding hydrogens is 222 g/mol. The quantitative estimate of drug-likeness (QED) is 0.724. The van der Waals surface area contributed by atoms with E-state index in [1.54, 1.807) is 0 Å². The van der Waals surface area contributed by atoms with Gasteiger partial charge in [0.05, 0.1) is 12.7 Å². The van der Waals surface area contributed by atoms with Crippen LogP contribution in [0.3, 0.4) is 0 Å². The number of aliphatic hydroxyl groups excluding tert-OH is 1. The van der Waals surface area contributed by atoms with Crippen molar-refractivity contribution < 1.29 is 14.3 Å². The van der Waals surface area contributed by atoms with Gasteiger partial charge in [0, 0.05) is 13.5 Å². The number of amides is 1. The van der Waals surface area contributed by atoms with Crippen LogP contribution in [0.15, 0.2) is 0 Å². The summed E-state index contributed by atoms with van der Waals surface area (Å²) in [6, 6.07) is 0. The Bertz CT molecular complexity index is 236. The molecule has 0 aliphatic carbocycles. The van der Waals surface area contributed by atoms with Crippen molar-refractivity contribution in [2.24, 2.45) is 0 Å². The van der Waals surface area contributed by atoms with E-state index in [9.17, 15) is 9.90 Å². The van der Waals surface area contributed by atoms with Crippen molar-refractivity contribution in [3.8, 4) is 0 Å². The smallest absolute Gasteiger partial charge is 0.216 e. The van der Waals surface area contributed by atoms with Crippen molar-refractivity contribution in [2.45, 2.75) is 51.9 Å². The van der Waals surface area contributed by atoms with E-state index < -0.39 is 14.4 Å². The van der Waals surface area contributed by atoms with Crippen LogP contribution in [0.4, 0.5) is 0 Å². The molecule has 96 valence electrons. The van der Waals surface area contributed by atoms with Gasteiger partial charge in [-0.05, 0) is 18.1 Å². The van der Waals surface area contributed by atoms with Gasteiger partial charge >= 0.3 is 0 Å². The number of aliphatic hydroxyl groups is 1. The molecule has 16 heavy (non-hydrogen) atoms. The van der Waals surface area contributed by atoms with E-state index in [-0.39, 0.29) is 24.1 Å². The molecule has 0 saturated heterocycles. The fraction of sp³-hybridized carbons (Fsp3) is 0.909. The number of carbonyl (C=O) groups is 1. The first-order valence-corrected chi connectivity index (χ1v) is 8.53. The lowest BCUT2D eigenvalue weighted by atomic mass is 10.2. The Morgan fingerprint density at radius 2 is 1.94 bits per heavy atom. The van der Waals surface area contributed by atoms with Crippen LogP contribution in [0.25, 0.3) is 0 Å². The molecule has 0 aromatic rings. The summed E-state index contributed by atoms with van der Waals surface area (Å²) in [6.07, 6.45) is -0.627. The average molecular weight is 247 g/mol. The lowest BCUT2D eigenvalue weighted by molar-refractivity contribution is -0.119. The normalized spacial score (nSPS) is 14.7. The highest BCUT2D eigenvalue weighted by Crippen LogP contribution is 2.36. The molecule has 0 aliphatic heterocycles. The van der Waals surface area contributed by atoms with Crippen molar-refractivity contribution >= 4 is 14.2 Å². The van der Waals surface area contributed by atoms with E-state index in [2.05, 4.69) is 39.2 Å². The van der Waals surface area contributed by atoms with Crippen LogP contribution >= 0.6 is 0 Å². The Labute approximate surface area is 99.5 Å². The van der Waals surface area contributed by atoms with Crippen molar-refractivity contribution in [3.05, 3.63) is 0 Å². The summed E-state index contributed by atoms with van der Waals surface area (Å²) >= 11 is 0. The summed E-state index contributed by atoms with van der Waals surface area (Å²) in [5.74, 6) is -0.133. The SMILES string of the molecule is CC(=O)NCC(O)CO[Si](C)(C)C(C)(C)C. The lowest BCUT2D eigenvalue weighted by Crippen LogP contribution is -2.44. The third-order valence-corrected chi connectivity index (χ3v) is 7.53. The standard InChI is InChI=1S/C11H25NO3Si/c1-9(13)12-7-10(14)8-15-16(5,6)11(2,3)4/h10,14H,7-8H2,1-6H3,(H,12,13). The van der Waals surface area contributed by atoms with Crippen LogP contribution in [0.5, 0.6) is 0 Å². The van der Waals surface area contributed by atoms with Crippen LogP contribution < -0.4 is 5.32 Å². The number of rotatable bonds is 5. The molecule has 0 aliphatic rings. The average Bonchev–Trinajstić information content (AvgIpc) is 2.09. The molecule has 1 amide bonds. The van der Waals surface area contributed by atoms with Gasteiger partial charge in [-0.1, -0.05) is 20.8 Å². The second-order valence-corrected chi connectivity index (χ2v) is 10.5. The number of hydrogen-bond acceptors (Lipinski definition) is 3. The third kappa shape index (κ3) is 5.63. The van der Waals surface area contributed by atoms with Crippen molar-refractivity contribution in [3.63, 3.8) is 0 Å². The van der Waals surface area contributed by atoms with E-state index in [1.807, 2.05) is 0 Å². The van der Waals surface area contributed by atoms with Gasteiger partial charge in [-0.3, -0.25) is 4.79 Å². The Balaban J connectivity index is 4.00. The van der Waals surface area contributed by atoms with Gasteiger partial charge in [-0.25, -0.2) is 0 Å². The Morgan fingerprint density at radius 3 is 2.31 bits per heavy atom. The largest absolute Gasteiger partial charge is 0.414 e. The predicted molar refractivity (Wildman–Crippen MR) is 67.8 cm³/mol. The first-order valence-electron chi connectivity index (χ1n) is 5.63. The minimum absolute atomic E-state index is 0.133. The second-order valence-electron chi connectivity index (χ2n) is 5.66. The van der Waals surface area contributed by atoms with Crippen molar-refractivity contribution in [1.29, 1.82) is 0 Å². The highest BCUT2D eigenvalue weighted by Gasteiger charge is 2.37. The number of carbonyl (C=O) groups excluding carboxylic acids is 1. The molecule has 0 aromatic carbocycles. The molecule has 0 rings (SSSR count). The summed E-state index contributed by atoms with van der Waals surface area (Å²) in [5.41, 5.74) is 0. The number of hydrogen-bond donors (Lipinski definition) is 2. The van der Waals surface area contributed by atoms with E-state index >= 15 is 0 Å². The molecule has 5 heteroatoms. The molecule has 0 bridgehead atoms. The first kappa shape index (κ1) is 15.6. The van der Waals surface area contributed by atoms with Gasteiger partial charge in [0.25, 0.3) is 0 Å². The molecule has 0 radical (unpaired) electrons. The molecule has 1 unspecified atom stereocenters. The zero-order valence-corrected chi connectivity index (χ0v) is 12.3. The van der Waals surface area contributed by atoms with Gasteiger partial charge in [0.15, 0.2) is 8.32 Å². The molecule has 0 aromatic heterocycles. The highest BCUT2D eigenvalue weighted by molar-refractivity contribution is 6.74. The molecule has 2 N–H and O–H groups in total. The van der Waals surface area contributed by atoms with Crippen LogP contribution in [-0.4, -0.2) is 38.6 Å². The van der Waals surface area contributed by atoms with Crippen LogP contribution in [0.2, 0.25) is 18.1 Å². The molecule has 0 heterocycles. The van der Waals surface area contributed by atoms with Crippen molar-refractivity contribution in [1.82, 2.24) is 5.32 Å². The van der Waals surface area contributed by atoms with Crippen molar-refractivity contribution in [2.75, 3.05) is 13.2 Å². The first-order chi connectivity index (χ1) is 7.06. The van der Waals surface area contributed by atoms with Gasteiger partial charge < -0.3 is 14.8 Å². The van der Waals surface area contributed by atoms with Crippen LogP contribution in [0.1, 0.15) is 27.7 Å². The summed E-state index contributed by atoms with van der Waals surface area (Å²) in [5, 5.41) is 12.3. The van der Waals surface area contributed by atoms with E-state index in [4.69, 9.17) is 4.43 Å². The zero-order valence-electron chi connectivity index (χ0n) is 11.3. The molecule has 1 atom stereocenters. The summed E-state index contributed by atoms with van der Waals surface area (Å²) in [6.45, 7) is 12.7. The third-order valence-electron chi connectivity index (χ3n) is 3.03.